The fourth-order valence-electron chi connectivity index (χ4n) is 2.17. The highest BCUT2D eigenvalue weighted by molar-refractivity contribution is 4.78. The van der Waals surface area contributed by atoms with Gasteiger partial charge in [0.1, 0.15) is 0 Å². The fourth-order valence-corrected chi connectivity index (χ4v) is 2.17. The second-order valence-electron chi connectivity index (χ2n) is 4.80. The third kappa shape index (κ3) is 5.73. The molecule has 1 fully saturated rings. The highest BCUT2D eigenvalue weighted by atomic mass is 19.4. The van der Waals surface area contributed by atoms with Gasteiger partial charge in [0.15, 0.2) is 0 Å². The second-order valence-corrected chi connectivity index (χ2v) is 4.80. The average Bonchev–Trinajstić information content (AvgIpc) is 2.49. The van der Waals surface area contributed by atoms with Gasteiger partial charge in [0, 0.05) is 26.2 Å². The minimum absolute atomic E-state index is 0.0644. The number of rotatable bonds is 5. The molecule has 0 saturated carbocycles. The standard InChI is InChI=1S/C12H23F3N2/c1-2-3-4-5-7-17-8-6-16-9-11(10-17)12(13,14)15/h11,16H,2-10H2,1H3. The second kappa shape index (κ2) is 7.21. The molecule has 0 spiro atoms. The molecule has 0 aromatic rings. The Balaban J connectivity index is 2.33. The Morgan fingerprint density at radius 1 is 1.24 bits per heavy atom. The van der Waals surface area contributed by atoms with E-state index in [1.165, 1.54) is 6.42 Å². The third-order valence-electron chi connectivity index (χ3n) is 3.26. The largest absolute Gasteiger partial charge is 0.394 e. The Hall–Kier alpha value is -0.290. The summed E-state index contributed by atoms with van der Waals surface area (Å²) in [4.78, 5) is 1.95. The SMILES string of the molecule is CCCCCCN1CCNCC(C(F)(F)F)C1. The molecule has 1 aliphatic heterocycles. The first-order chi connectivity index (χ1) is 8.04. The Bertz CT molecular complexity index is 206. The Morgan fingerprint density at radius 3 is 2.65 bits per heavy atom. The van der Waals surface area contributed by atoms with Crippen molar-refractivity contribution in [2.45, 2.75) is 38.8 Å². The molecule has 17 heavy (non-hydrogen) atoms. The zero-order valence-corrected chi connectivity index (χ0v) is 10.5. The number of hydrogen-bond donors (Lipinski definition) is 1. The average molecular weight is 252 g/mol. The van der Waals surface area contributed by atoms with Crippen molar-refractivity contribution in [3.63, 3.8) is 0 Å². The van der Waals surface area contributed by atoms with E-state index in [1.807, 2.05) is 4.90 Å². The lowest BCUT2D eigenvalue weighted by Crippen LogP contribution is -2.38. The van der Waals surface area contributed by atoms with Crippen LogP contribution < -0.4 is 5.32 Å². The summed E-state index contributed by atoms with van der Waals surface area (Å²) in [5.41, 5.74) is 0. The molecular weight excluding hydrogens is 229 g/mol. The monoisotopic (exact) mass is 252 g/mol. The first-order valence-corrected chi connectivity index (χ1v) is 6.54. The molecule has 0 radical (unpaired) electrons. The van der Waals surface area contributed by atoms with E-state index in [-0.39, 0.29) is 13.1 Å². The molecule has 0 bridgehead atoms. The van der Waals surface area contributed by atoms with Crippen molar-refractivity contribution in [1.29, 1.82) is 0 Å². The molecule has 0 aromatic carbocycles. The van der Waals surface area contributed by atoms with E-state index in [9.17, 15) is 13.2 Å². The van der Waals surface area contributed by atoms with Crippen LogP contribution in [0.15, 0.2) is 0 Å². The zero-order chi connectivity index (χ0) is 12.7. The molecule has 0 aromatic heterocycles. The van der Waals surface area contributed by atoms with E-state index in [0.717, 1.165) is 32.4 Å². The molecule has 0 aliphatic carbocycles. The summed E-state index contributed by atoms with van der Waals surface area (Å²) in [6.07, 6.45) is 0.399. The van der Waals surface area contributed by atoms with E-state index >= 15 is 0 Å². The molecule has 1 unspecified atom stereocenters. The van der Waals surface area contributed by atoms with Crippen LogP contribution in [0.4, 0.5) is 13.2 Å². The lowest BCUT2D eigenvalue weighted by Gasteiger charge is -2.25. The molecule has 102 valence electrons. The van der Waals surface area contributed by atoms with Gasteiger partial charge in [0.25, 0.3) is 0 Å². The first-order valence-electron chi connectivity index (χ1n) is 6.54. The number of unbranched alkanes of at least 4 members (excludes halogenated alkanes) is 3. The van der Waals surface area contributed by atoms with Crippen LogP contribution in [0.5, 0.6) is 0 Å². The number of alkyl halides is 3. The number of halogens is 3. The molecule has 1 heterocycles. The van der Waals surface area contributed by atoms with Crippen molar-refractivity contribution in [2.75, 3.05) is 32.7 Å². The maximum Gasteiger partial charge on any atom is 0.394 e. The molecule has 1 saturated heterocycles. The van der Waals surface area contributed by atoms with Gasteiger partial charge in [-0.3, -0.25) is 0 Å². The van der Waals surface area contributed by atoms with Gasteiger partial charge in [0.05, 0.1) is 5.92 Å². The van der Waals surface area contributed by atoms with E-state index < -0.39 is 12.1 Å². The van der Waals surface area contributed by atoms with Gasteiger partial charge in [-0.05, 0) is 13.0 Å². The molecule has 1 aliphatic rings. The summed E-state index contributed by atoms with van der Waals surface area (Å²) in [5, 5.41) is 2.87. The molecule has 2 nitrogen and oxygen atoms in total. The highest BCUT2D eigenvalue weighted by Gasteiger charge is 2.40. The van der Waals surface area contributed by atoms with Crippen molar-refractivity contribution in [3.05, 3.63) is 0 Å². The molecule has 0 amide bonds. The van der Waals surface area contributed by atoms with Crippen LogP contribution >= 0.6 is 0 Å². The zero-order valence-electron chi connectivity index (χ0n) is 10.5. The summed E-state index contributed by atoms with van der Waals surface area (Å²) < 4.78 is 38.0. The van der Waals surface area contributed by atoms with E-state index in [0.29, 0.717) is 6.54 Å². The minimum atomic E-state index is -4.07. The highest BCUT2D eigenvalue weighted by Crippen LogP contribution is 2.27. The van der Waals surface area contributed by atoms with Crippen LogP contribution in [0, 0.1) is 5.92 Å². The van der Waals surface area contributed by atoms with Gasteiger partial charge in [-0.2, -0.15) is 13.2 Å². The molecule has 1 atom stereocenters. The summed E-state index contributed by atoms with van der Waals surface area (Å²) >= 11 is 0. The number of nitrogens with one attached hydrogen (secondary N) is 1. The molecule has 5 heteroatoms. The Kier molecular flexibility index (Phi) is 6.27. The van der Waals surface area contributed by atoms with Crippen LogP contribution in [-0.2, 0) is 0 Å². The van der Waals surface area contributed by atoms with Crippen molar-refractivity contribution >= 4 is 0 Å². The number of hydrogen-bond acceptors (Lipinski definition) is 2. The lowest BCUT2D eigenvalue weighted by molar-refractivity contribution is -0.175. The van der Waals surface area contributed by atoms with Crippen LogP contribution in [0.1, 0.15) is 32.6 Å². The van der Waals surface area contributed by atoms with E-state index in [2.05, 4.69) is 12.2 Å². The maximum atomic E-state index is 12.7. The summed E-state index contributed by atoms with van der Waals surface area (Å²) in [6, 6.07) is 0. The summed E-state index contributed by atoms with van der Waals surface area (Å²) in [7, 11) is 0. The first kappa shape index (κ1) is 14.8. The Labute approximate surface area is 102 Å². The van der Waals surface area contributed by atoms with E-state index in [1.54, 1.807) is 0 Å². The van der Waals surface area contributed by atoms with Crippen LogP contribution in [0.3, 0.4) is 0 Å². The van der Waals surface area contributed by atoms with Crippen LogP contribution in [-0.4, -0.2) is 43.8 Å². The Morgan fingerprint density at radius 2 is 2.00 bits per heavy atom. The quantitative estimate of drug-likeness (QED) is 0.757. The molecule has 1 rings (SSSR count). The lowest BCUT2D eigenvalue weighted by atomic mass is 10.1. The minimum Gasteiger partial charge on any atom is -0.315 e. The summed E-state index contributed by atoms with van der Waals surface area (Å²) in [5.74, 6) is -1.21. The third-order valence-corrected chi connectivity index (χ3v) is 3.26. The van der Waals surface area contributed by atoms with Crippen molar-refractivity contribution < 1.29 is 13.2 Å². The van der Waals surface area contributed by atoms with Crippen LogP contribution in [0.25, 0.3) is 0 Å². The topological polar surface area (TPSA) is 15.3 Å². The molecular formula is C12H23F3N2. The predicted molar refractivity (Wildman–Crippen MR) is 63.0 cm³/mol. The van der Waals surface area contributed by atoms with E-state index in [4.69, 9.17) is 0 Å². The van der Waals surface area contributed by atoms with Crippen molar-refractivity contribution in [1.82, 2.24) is 10.2 Å². The van der Waals surface area contributed by atoms with Crippen molar-refractivity contribution in [3.8, 4) is 0 Å². The van der Waals surface area contributed by atoms with Gasteiger partial charge in [-0.1, -0.05) is 26.2 Å². The fraction of sp³-hybridized carbons (Fsp3) is 1.00. The van der Waals surface area contributed by atoms with Gasteiger partial charge in [-0.15, -0.1) is 0 Å². The number of nitrogens with zero attached hydrogens (tertiary/aromatic N) is 1. The van der Waals surface area contributed by atoms with Gasteiger partial charge < -0.3 is 10.2 Å². The van der Waals surface area contributed by atoms with Crippen LogP contribution in [0.2, 0.25) is 0 Å². The summed E-state index contributed by atoms with van der Waals surface area (Å²) in [6.45, 7) is 4.56. The smallest absolute Gasteiger partial charge is 0.315 e. The predicted octanol–water partition coefficient (Wildman–Crippen LogP) is 2.65. The van der Waals surface area contributed by atoms with Gasteiger partial charge >= 0.3 is 6.18 Å². The maximum absolute atomic E-state index is 12.7. The van der Waals surface area contributed by atoms with Crippen molar-refractivity contribution in [2.24, 2.45) is 5.92 Å². The normalized spacial score (nSPS) is 23.6. The molecule has 1 N–H and O–H groups in total. The van der Waals surface area contributed by atoms with Gasteiger partial charge in [0.2, 0.25) is 0 Å². The van der Waals surface area contributed by atoms with Gasteiger partial charge in [-0.25, -0.2) is 0 Å².